The molecule has 114 valence electrons. The van der Waals surface area contributed by atoms with Crippen LogP contribution in [0.3, 0.4) is 0 Å². The Balaban J connectivity index is 2.17. The van der Waals surface area contributed by atoms with Crippen molar-refractivity contribution in [3.8, 4) is 0 Å². The van der Waals surface area contributed by atoms with Crippen LogP contribution in [0.25, 0.3) is 0 Å². The summed E-state index contributed by atoms with van der Waals surface area (Å²) in [7, 11) is 0. The Bertz CT molecular complexity index is 537. The van der Waals surface area contributed by atoms with Gasteiger partial charge in [0.05, 0.1) is 18.2 Å². The van der Waals surface area contributed by atoms with Crippen LogP contribution in [0.15, 0.2) is 29.4 Å². The van der Waals surface area contributed by atoms with Gasteiger partial charge in [0.1, 0.15) is 0 Å². The molecule has 0 aliphatic carbocycles. The minimum absolute atomic E-state index is 0.0856. The standard InChI is InChI=1S/C17H25N3O/c1-12(2)16-15(9-6-10-18)17(21)20(19-16)11-14-8-5-4-7-13(14)3/h4-5,7-8,12,15H,6,9-11,18H2,1-3H3. The second kappa shape index (κ2) is 6.85. The minimum atomic E-state index is -0.0856. The van der Waals surface area contributed by atoms with Crippen LogP contribution in [-0.4, -0.2) is 23.2 Å². The molecule has 0 radical (unpaired) electrons. The van der Waals surface area contributed by atoms with Crippen molar-refractivity contribution in [3.05, 3.63) is 35.4 Å². The summed E-state index contributed by atoms with van der Waals surface area (Å²) in [6, 6.07) is 8.13. The highest BCUT2D eigenvalue weighted by molar-refractivity contribution is 6.08. The lowest BCUT2D eigenvalue weighted by Crippen LogP contribution is -2.29. The molecule has 1 unspecified atom stereocenters. The molecule has 4 nitrogen and oxygen atoms in total. The van der Waals surface area contributed by atoms with E-state index < -0.39 is 0 Å². The molecule has 1 aliphatic heterocycles. The van der Waals surface area contributed by atoms with Crippen LogP contribution in [0.2, 0.25) is 0 Å². The molecular weight excluding hydrogens is 262 g/mol. The van der Waals surface area contributed by atoms with Crippen LogP contribution >= 0.6 is 0 Å². The van der Waals surface area contributed by atoms with Gasteiger partial charge in [-0.25, -0.2) is 5.01 Å². The van der Waals surface area contributed by atoms with Gasteiger partial charge in [-0.15, -0.1) is 0 Å². The van der Waals surface area contributed by atoms with Gasteiger partial charge in [0, 0.05) is 0 Å². The molecule has 1 amide bonds. The van der Waals surface area contributed by atoms with Gasteiger partial charge in [0.2, 0.25) is 0 Å². The smallest absolute Gasteiger partial charge is 0.251 e. The van der Waals surface area contributed by atoms with Gasteiger partial charge >= 0.3 is 0 Å². The van der Waals surface area contributed by atoms with E-state index in [0.29, 0.717) is 19.0 Å². The third-order valence-corrected chi connectivity index (χ3v) is 4.02. The van der Waals surface area contributed by atoms with Crippen LogP contribution in [-0.2, 0) is 11.3 Å². The number of benzene rings is 1. The van der Waals surface area contributed by atoms with E-state index in [1.165, 1.54) is 5.56 Å². The average Bonchev–Trinajstić information content (AvgIpc) is 2.76. The number of hydrogen-bond acceptors (Lipinski definition) is 3. The van der Waals surface area contributed by atoms with E-state index in [9.17, 15) is 4.79 Å². The van der Waals surface area contributed by atoms with Gasteiger partial charge in [-0.1, -0.05) is 38.1 Å². The summed E-state index contributed by atoms with van der Waals surface area (Å²) >= 11 is 0. The molecule has 1 aromatic rings. The van der Waals surface area contributed by atoms with Gasteiger partial charge in [-0.2, -0.15) is 5.10 Å². The van der Waals surface area contributed by atoms with Crippen molar-refractivity contribution in [2.75, 3.05) is 6.54 Å². The fraction of sp³-hybridized carbons (Fsp3) is 0.529. The van der Waals surface area contributed by atoms with Gasteiger partial charge in [0.15, 0.2) is 0 Å². The van der Waals surface area contributed by atoms with Gasteiger partial charge in [-0.05, 0) is 43.4 Å². The molecule has 0 bridgehead atoms. The SMILES string of the molecule is Cc1ccccc1CN1N=C(C(C)C)C(CCCN)C1=O. The highest BCUT2D eigenvalue weighted by Gasteiger charge is 2.36. The molecule has 0 aromatic heterocycles. The quantitative estimate of drug-likeness (QED) is 0.874. The number of carbonyl (C=O) groups excluding carboxylic acids is 1. The lowest BCUT2D eigenvalue weighted by Gasteiger charge is -2.16. The van der Waals surface area contributed by atoms with Crippen molar-refractivity contribution in [2.45, 2.75) is 40.2 Å². The second-order valence-electron chi connectivity index (χ2n) is 5.99. The number of aryl methyl sites for hydroxylation is 1. The molecular formula is C17H25N3O. The van der Waals surface area contributed by atoms with E-state index in [1.807, 2.05) is 12.1 Å². The fourth-order valence-corrected chi connectivity index (χ4v) is 2.74. The predicted octanol–water partition coefficient (Wildman–Crippen LogP) is 2.70. The molecule has 0 saturated carbocycles. The van der Waals surface area contributed by atoms with Gasteiger partial charge in [0.25, 0.3) is 5.91 Å². The molecule has 0 spiro atoms. The highest BCUT2D eigenvalue weighted by atomic mass is 16.2. The molecule has 0 fully saturated rings. The molecule has 21 heavy (non-hydrogen) atoms. The predicted molar refractivity (Wildman–Crippen MR) is 85.8 cm³/mol. The Morgan fingerprint density at radius 3 is 2.67 bits per heavy atom. The summed E-state index contributed by atoms with van der Waals surface area (Å²) < 4.78 is 0. The summed E-state index contributed by atoms with van der Waals surface area (Å²) in [5, 5.41) is 6.24. The van der Waals surface area contributed by atoms with Crippen molar-refractivity contribution in [3.63, 3.8) is 0 Å². The van der Waals surface area contributed by atoms with Crippen molar-refractivity contribution in [1.29, 1.82) is 0 Å². The fourth-order valence-electron chi connectivity index (χ4n) is 2.74. The Kier molecular flexibility index (Phi) is 5.12. The lowest BCUT2D eigenvalue weighted by molar-refractivity contribution is -0.132. The summed E-state index contributed by atoms with van der Waals surface area (Å²) in [6.45, 7) is 7.43. The highest BCUT2D eigenvalue weighted by Crippen LogP contribution is 2.26. The molecule has 0 saturated heterocycles. The first kappa shape index (κ1) is 15.7. The topological polar surface area (TPSA) is 58.7 Å². The number of amides is 1. The first-order valence-corrected chi connectivity index (χ1v) is 7.69. The summed E-state index contributed by atoms with van der Waals surface area (Å²) in [4.78, 5) is 12.6. The van der Waals surface area contributed by atoms with Crippen LogP contribution in [0.1, 0.15) is 37.8 Å². The van der Waals surface area contributed by atoms with Crippen molar-refractivity contribution >= 4 is 11.6 Å². The maximum atomic E-state index is 12.6. The number of hydrogen-bond donors (Lipinski definition) is 1. The van der Waals surface area contributed by atoms with Crippen molar-refractivity contribution in [1.82, 2.24) is 5.01 Å². The van der Waals surface area contributed by atoms with E-state index >= 15 is 0 Å². The maximum absolute atomic E-state index is 12.6. The van der Waals surface area contributed by atoms with Crippen molar-refractivity contribution < 1.29 is 4.79 Å². The number of nitrogens with two attached hydrogens (primary N) is 1. The first-order chi connectivity index (χ1) is 10.0. The van der Waals surface area contributed by atoms with Crippen LogP contribution in [0, 0.1) is 18.8 Å². The Hall–Kier alpha value is -1.68. The van der Waals surface area contributed by atoms with Gasteiger partial charge < -0.3 is 5.73 Å². The number of carbonyl (C=O) groups is 1. The van der Waals surface area contributed by atoms with E-state index in [4.69, 9.17) is 5.73 Å². The summed E-state index contributed by atoms with van der Waals surface area (Å²) in [5.74, 6) is 0.326. The van der Waals surface area contributed by atoms with E-state index in [-0.39, 0.29) is 11.8 Å². The lowest BCUT2D eigenvalue weighted by atomic mass is 9.90. The third-order valence-electron chi connectivity index (χ3n) is 4.02. The van der Waals surface area contributed by atoms with Crippen LogP contribution in [0.5, 0.6) is 0 Å². The minimum Gasteiger partial charge on any atom is -0.330 e. The molecule has 2 rings (SSSR count). The van der Waals surface area contributed by atoms with Crippen molar-refractivity contribution in [2.24, 2.45) is 22.7 Å². The van der Waals surface area contributed by atoms with Crippen LogP contribution < -0.4 is 5.73 Å². The molecule has 4 heteroatoms. The maximum Gasteiger partial charge on any atom is 0.251 e. The average molecular weight is 287 g/mol. The number of nitrogens with zero attached hydrogens (tertiary/aromatic N) is 2. The monoisotopic (exact) mass is 287 g/mol. The normalized spacial score (nSPS) is 18.5. The molecule has 1 aliphatic rings. The Morgan fingerprint density at radius 2 is 2.05 bits per heavy atom. The molecule has 1 heterocycles. The third kappa shape index (κ3) is 3.50. The van der Waals surface area contributed by atoms with Gasteiger partial charge in [-0.3, -0.25) is 4.79 Å². The number of hydrazone groups is 1. The Labute approximate surface area is 127 Å². The van der Waals surface area contributed by atoms with Crippen LogP contribution in [0.4, 0.5) is 0 Å². The largest absolute Gasteiger partial charge is 0.330 e. The number of rotatable bonds is 6. The molecule has 1 aromatic carbocycles. The van der Waals surface area contributed by atoms with E-state index in [0.717, 1.165) is 24.1 Å². The summed E-state index contributed by atoms with van der Waals surface area (Å²) in [5.41, 5.74) is 8.93. The molecule has 1 atom stereocenters. The zero-order valence-corrected chi connectivity index (χ0v) is 13.2. The van der Waals surface area contributed by atoms with E-state index in [1.54, 1.807) is 5.01 Å². The molecule has 2 N–H and O–H groups in total. The second-order valence-corrected chi connectivity index (χ2v) is 5.99. The zero-order valence-electron chi connectivity index (χ0n) is 13.2. The zero-order chi connectivity index (χ0) is 15.4. The summed E-state index contributed by atoms with van der Waals surface area (Å²) in [6.07, 6.45) is 1.66. The Morgan fingerprint density at radius 1 is 1.33 bits per heavy atom. The first-order valence-electron chi connectivity index (χ1n) is 7.69. The van der Waals surface area contributed by atoms with E-state index in [2.05, 4.69) is 38.0 Å².